The Morgan fingerprint density at radius 2 is 2.00 bits per heavy atom. The molecule has 0 radical (unpaired) electrons. The summed E-state index contributed by atoms with van der Waals surface area (Å²) in [5.74, 6) is -1.27. The topological polar surface area (TPSA) is 95.5 Å². The third kappa shape index (κ3) is 3.57. The summed E-state index contributed by atoms with van der Waals surface area (Å²) < 4.78 is 0. The van der Waals surface area contributed by atoms with Gasteiger partial charge in [0.2, 0.25) is 11.8 Å². The summed E-state index contributed by atoms with van der Waals surface area (Å²) in [7, 11) is 0. The molecular weight excluding hydrogens is 260 g/mol. The van der Waals surface area contributed by atoms with Gasteiger partial charge in [0.15, 0.2) is 0 Å². The number of benzene rings is 1. The second kappa shape index (κ2) is 6.18. The van der Waals surface area contributed by atoms with Crippen LogP contribution in [0.5, 0.6) is 0 Å². The predicted octanol–water partition coefficient (Wildman–Crippen LogP) is 0.527. The van der Waals surface area contributed by atoms with Crippen molar-refractivity contribution in [3.8, 4) is 0 Å². The lowest BCUT2D eigenvalue weighted by atomic mass is 9.98. The van der Waals surface area contributed by atoms with Gasteiger partial charge in [0, 0.05) is 19.5 Å². The quantitative estimate of drug-likeness (QED) is 0.747. The summed E-state index contributed by atoms with van der Waals surface area (Å²) in [6.45, 7) is 0.728. The van der Waals surface area contributed by atoms with E-state index in [4.69, 9.17) is 5.11 Å². The SMILES string of the molecule is O=C1CCC(C(=O)NCc2ccc(C(=O)O)cc2)CN1. The van der Waals surface area contributed by atoms with E-state index in [-0.39, 0.29) is 23.3 Å². The van der Waals surface area contributed by atoms with Crippen molar-refractivity contribution in [1.82, 2.24) is 10.6 Å². The van der Waals surface area contributed by atoms with E-state index in [1.165, 1.54) is 12.1 Å². The Bertz CT molecular complexity index is 514. The van der Waals surface area contributed by atoms with E-state index in [1.54, 1.807) is 12.1 Å². The normalized spacial score (nSPS) is 18.2. The fraction of sp³-hybridized carbons (Fsp3) is 0.357. The van der Waals surface area contributed by atoms with Crippen LogP contribution in [0.1, 0.15) is 28.8 Å². The van der Waals surface area contributed by atoms with Crippen LogP contribution in [0.25, 0.3) is 0 Å². The molecular formula is C14H16N2O4. The molecule has 20 heavy (non-hydrogen) atoms. The number of amides is 2. The molecule has 2 rings (SSSR count). The van der Waals surface area contributed by atoms with Gasteiger partial charge in [0.1, 0.15) is 0 Å². The van der Waals surface area contributed by atoms with Gasteiger partial charge in [0.05, 0.1) is 11.5 Å². The number of carboxylic acid groups (broad SMARTS) is 1. The number of carboxylic acids is 1. The van der Waals surface area contributed by atoms with E-state index < -0.39 is 5.97 Å². The van der Waals surface area contributed by atoms with E-state index in [0.29, 0.717) is 25.9 Å². The number of hydrogen-bond acceptors (Lipinski definition) is 3. The second-order valence-corrected chi connectivity index (χ2v) is 4.76. The van der Waals surface area contributed by atoms with Crippen molar-refractivity contribution in [2.24, 2.45) is 5.92 Å². The number of rotatable bonds is 4. The van der Waals surface area contributed by atoms with Gasteiger partial charge in [-0.15, -0.1) is 0 Å². The largest absolute Gasteiger partial charge is 0.478 e. The van der Waals surface area contributed by atoms with Crippen LogP contribution in [0.15, 0.2) is 24.3 Å². The first-order valence-electron chi connectivity index (χ1n) is 6.43. The minimum absolute atomic E-state index is 0.0155. The maximum Gasteiger partial charge on any atom is 0.335 e. The highest BCUT2D eigenvalue weighted by molar-refractivity contribution is 5.87. The summed E-state index contributed by atoms with van der Waals surface area (Å²) in [5, 5.41) is 14.2. The van der Waals surface area contributed by atoms with Crippen molar-refractivity contribution in [1.29, 1.82) is 0 Å². The van der Waals surface area contributed by atoms with Crippen LogP contribution >= 0.6 is 0 Å². The number of nitrogens with one attached hydrogen (secondary N) is 2. The van der Waals surface area contributed by atoms with Crippen molar-refractivity contribution >= 4 is 17.8 Å². The maximum absolute atomic E-state index is 11.9. The molecule has 1 atom stereocenters. The van der Waals surface area contributed by atoms with Gasteiger partial charge in [-0.3, -0.25) is 9.59 Å². The summed E-state index contributed by atoms with van der Waals surface area (Å²) >= 11 is 0. The van der Waals surface area contributed by atoms with Gasteiger partial charge in [0.25, 0.3) is 0 Å². The van der Waals surface area contributed by atoms with Crippen LogP contribution in [-0.4, -0.2) is 29.4 Å². The van der Waals surface area contributed by atoms with E-state index in [0.717, 1.165) is 5.56 Å². The molecule has 0 bridgehead atoms. The Morgan fingerprint density at radius 3 is 2.55 bits per heavy atom. The minimum Gasteiger partial charge on any atom is -0.478 e. The van der Waals surface area contributed by atoms with Crippen molar-refractivity contribution in [3.63, 3.8) is 0 Å². The van der Waals surface area contributed by atoms with Crippen molar-refractivity contribution in [3.05, 3.63) is 35.4 Å². The Labute approximate surface area is 116 Å². The Hall–Kier alpha value is -2.37. The molecule has 0 aliphatic carbocycles. The second-order valence-electron chi connectivity index (χ2n) is 4.76. The Balaban J connectivity index is 1.84. The first-order valence-corrected chi connectivity index (χ1v) is 6.43. The lowest BCUT2D eigenvalue weighted by Crippen LogP contribution is -2.42. The molecule has 0 saturated carbocycles. The van der Waals surface area contributed by atoms with Crippen molar-refractivity contribution in [2.45, 2.75) is 19.4 Å². The molecule has 0 aromatic heterocycles. The lowest BCUT2D eigenvalue weighted by Gasteiger charge is -2.21. The van der Waals surface area contributed by atoms with Crippen LogP contribution in [0, 0.1) is 5.92 Å². The minimum atomic E-state index is -0.974. The van der Waals surface area contributed by atoms with E-state index >= 15 is 0 Å². The fourth-order valence-corrected chi connectivity index (χ4v) is 2.06. The molecule has 1 aromatic carbocycles. The molecule has 2 amide bonds. The summed E-state index contributed by atoms with van der Waals surface area (Å²) in [6, 6.07) is 6.36. The molecule has 0 spiro atoms. The van der Waals surface area contributed by atoms with Gasteiger partial charge in [-0.1, -0.05) is 12.1 Å². The maximum atomic E-state index is 11.9. The van der Waals surface area contributed by atoms with Gasteiger partial charge < -0.3 is 15.7 Å². The van der Waals surface area contributed by atoms with Gasteiger partial charge in [-0.25, -0.2) is 4.79 Å². The summed E-state index contributed by atoms with van der Waals surface area (Å²) in [6.07, 6.45) is 0.945. The number of aromatic carboxylic acids is 1. The van der Waals surface area contributed by atoms with E-state index in [1.807, 2.05) is 0 Å². The van der Waals surface area contributed by atoms with Crippen LogP contribution in [0.2, 0.25) is 0 Å². The van der Waals surface area contributed by atoms with Gasteiger partial charge in [-0.05, 0) is 24.1 Å². The van der Waals surface area contributed by atoms with Crippen LogP contribution in [0.3, 0.4) is 0 Å². The number of hydrogen-bond donors (Lipinski definition) is 3. The predicted molar refractivity (Wildman–Crippen MR) is 71.0 cm³/mol. The molecule has 1 aliphatic heterocycles. The smallest absolute Gasteiger partial charge is 0.335 e. The van der Waals surface area contributed by atoms with E-state index in [2.05, 4.69) is 10.6 Å². The Morgan fingerprint density at radius 1 is 1.30 bits per heavy atom. The molecule has 1 aliphatic rings. The number of carbonyl (C=O) groups is 3. The van der Waals surface area contributed by atoms with E-state index in [9.17, 15) is 14.4 Å². The zero-order chi connectivity index (χ0) is 14.5. The zero-order valence-corrected chi connectivity index (χ0v) is 10.9. The average Bonchev–Trinajstić information content (AvgIpc) is 2.46. The van der Waals surface area contributed by atoms with Crippen molar-refractivity contribution in [2.75, 3.05) is 6.54 Å². The van der Waals surface area contributed by atoms with Crippen molar-refractivity contribution < 1.29 is 19.5 Å². The lowest BCUT2D eigenvalue weighted by molar-refractivity contribution is -0.129. The van der Waals surface area contributed by atoms with Crippen LogP contribution in [0.4, 0.5) is 0 Å². The first kappa shape index (κ1) is 14.0. The molecule has 1 aromatic rings. The monoisotopic (exact) mass is 276 g/mol. The van der Waals surface area contributed by atoms with Gasteiger partial charge >= 0.3 is 5.97 Å². The molecule has 6 heteroatoms. The summed E-state index contributed by atoms with van der Waals surface area (Å²) in [5.41, 5.74) is 1.05. The fourth-order valence-electron chi connectivity index (χ4n) is 2.06. The molecule has 1 fully saturated rings. The average molecular weight is 276 g/mol. The molecule has 6 nitrogen and oxygen atoms in total. The number of carbonyl (C=O) groups excluding carboxylic acids is 2. The van der Waals surface area contributed by atoms with Gasteiger partial charge in [-0.2, -0.15) is 0 Å². The highest BCUT2D eigenvalue weighted by Crippen LogP contribution is 2.11. The highest BCUT2D eigenvalue weighted by Gasteiger charge is 2.23. The molecule has 1 saturated heterocycles. The third-order valence-corrected chi connectivity index (χ3v) is 3.30. The van der Waals surface area contributed by atoms with Crippen LogP contribution < -0.4 is 10.6 Å². The summed E-state index contributed by atoms with van der Waals surface area (Å²) in [4.78, 5) is 33.6. The first-order chi connectivity index (χ1) is 9.56. The Kier molecular flexibility index (Phi) is 4.34. The highest BCUT2D eigenvalue weighted by atomic mass is 16.4. The number of piperidine rings is 1. The molecule has 1 heterocycles. The van der Waals surface area contributed by atoms with Crippen LogP contribution in [-0.2, 0) is 16.1 Å². The third-order valence-electron chi connectivity index (χ3n) is 3.30. The molecule has 3 N–H and O–H groups in total. The standard InChI is InChI=1S/C14H16N2O4/c17-12-6-5-11(8-15-12)13(18)16-7-9-1-3-10(4-2-9)14(19)20/h1-4,11H,5-8H2,(H,15,17)(H,16,18)(H,19,20). The molecule has 1 unspecified atom stereocenters. The zero-order valence-electron chi connectivity index (χ0n) is 10.9. The molecule has 106 valence electrons.